The largest absolute Gasteiger partial charge is 0.756 e. The van der Waals surface area contributed by atoms with Gasteiger partial charge in [0.15, 0.2) is 0 Å². The Kier molecular flexibility index (Phi) is 57.3. The zero-order valence-corrected chi connectivity index (χ0v) is 53.9. The van der Waals surface area contributed by atoms with Gasteiger partial charge < -0.3 is 28.5 Å². The van der Waals surface area contributed by atoms with Gasteiger partial charge in [-0.25, -0.2) is 0 Å². The van der Waals surface area contributed by atoms with Gasteiger partial charge in [0.1, 0.15) is 19.3 Å². The number of hydrogen-bond donors (Lipinski definition) is 1. The fraction of sp³-hybridized carbons (Fsp3) is 0.771. The van der Waals surface area contributed by atoms with Gasteiger partial charge >= 0.3 is 5.97 Å². The van der Waals surface area contributed by atoms with E-state index in [1.54, 1.807) is 0 Å². The highest BCUT2D eigenvalue weighted by atomic mass is 31.2. The van der Waals surface area contributed by atoms with Crippen LogP contribution in [0.3, 0.4) is 0 Å². The van der Waals surface area contributed by atoms with E-state index in [0.717, 1.165) is 96.3 Å². The molecule has 464 valence electrons. The Morgan fingerprint density at radius 3 is 1.16 bits per heavy atom. The molecule has 0 saturated heterocycles. The Hall–Kier alpha value is -2.81. The summed E-state index contributed by atoms with van der Waals surface area (Å²) in [5.74, 6) is -0.561. The van der Waals surface area contributed by atoms with Gasteiger partial charge in [0.25, 0.3) is 7.82 Å². The number of nitrogens with zero attached hydrogens (tertiary/aromatic N) is 1. The molecule has 0 heterocycles. The topological polar surface area (TPSA) is 114 Å². The van der Waals surface area contributed by atoms with E-state index in [4.69, 9.17) is 13.8 Å². The molecule has 3 unspecified atom stereocenters. The minimum absolute atomic E-state index is 0.0295. The summed E-state index contributed by atoms with van der Waals surface area (Å²) in [6.45, 7) is 6.79. The molecule has 0 radical (unpaired) electrons. The van der Waals surface area contributed by atoms with Gasteiger partial charge in [-0.1, -0.05) is 260 Å². The molecule has 1 N–H and O–H groups in total. The van der Waals surface area contributed by atoms with E-state index < -0.39 is 26.6 Å². The lowest BCUT2D eigenvalue weighted by Gasteiger charge is -2.30. The minimum atomic E-state index is -4.71. The first-order valence-corrected chi connectivity index (χ1v) is 34.9. The quantitative estimate of drug-likeness (QED) is 0.0212. The lowest BCUT2D eigenvalue weighted by atomic mass is 10.0. The number of unbranched alkanes of at least 4 members (excludes halogenated alkanes) is 32. The van der Waals surface area contributed by atoms with E-state index in [-0.39, 0.29) is 24.9 Å². The molecule has 0 aromatic carbocycles. The molecule has 0 spiro atoms. The summed E-state index contributed by atoms with van der Waals surface area (Å²) in [6.07, 6.45) is 78.3. The molecule has 10 heteroatoms. The molecule has 0 bridgehead atoms. The van der Waals surface area contributed by atoms with Gasteiger partial charge in [-0.15, -0.1) is 0 Å². The third-order valence-corrected chi connectivity index (χ3v) is 15.5. The van der Waals surface area contributed by atoms with Crippen molar-refractivity contribution in [3.63, 3.8) is 0 Å². The number of hydrogen-bond acceptors (Lipinski definition) is 7. The normalized spacial score (nSPS) is 14.1. The third kappa shape index (κ3) is 59.8. The summed E-state index contributed by atoms with van der Waals surface area (Å²) in [7, 11) is 1.17. The fourth-order valence-electron chi connectivity index (χ4n) is 9.36. The highest BCUT2D eigenvalue weighted by molar-refractivity contribution is 7.45. The Labute approximate surface area is 495 Å². The van der Waals surface area contributed by atoms with Crippen molar-refractivity contribution >= 4 is 19.7 Å². The van der Waals surface area contributed by atoms with E-state index in [1.165, 1.54) is 161 Å². The van der Waals surface area contributed by atoms with Crippen molar-refractivity contribution < 1.29 is 37.3 Å². The number of phosphoric acid groups is 1. The van der Waals surface area contributed by atoms with E-state index >= 15 is 0 Å². The maximum Gasteiger partial charge on any atom is 0.306 e. The molecule has 0 fully saturated rings. The van der Waals surface area contributed by atoms with Crippen LogP contribution in [0.1, 0.15) is 297 Å². The number of phosphoric ester groups is 1. The molecule has 0 aliphatic heterocycles. The number of quaternary nitrogens is 1. The van der Waals surface area contributed by atoms with Crippen molar-refractivity contribution in [2.75, 3.05) is 40.9 Å². The lowest BCUT2D eigenvalue weighted by Crippen LogP contribution is -2.47. The van der Waals surface area contributed by atoms with Crippen LogP contribution in [-0.2, 0) is 27.9 Å². The van der Waals surface area contributed by atoms with Crippen molar-refractivity contribution in [1.82, 2.24) is 5.32 Å². The molecule has 0 aromatic rings. The van der Waals surface area contributed by atoms with Crippen LogP contribution in [0.15, 0.2) is 85.1 Å². The average molecular weight is 1140 g/mol. The minimum Gasteiger partial charge on any atom is -0.756 e. The summed E-state index contributed by atoms with van der Waals surface area (Å²) >= 11 is 0. The zero-order valence-electron chi connectivity index (χ0n) is 53.0. The molecule has 1 amide bonds. The predicted octanol–water partition coefficient (Wildman–Crippen LogP) is 20.3. The molecule has 9 nitrogen and oxygen atoms in total. The second kappa shape index (κ2) is 59.4. The smallest absolute Gasteiger partial charge is 0.306 e. The van der Waals surface area contributed by atoms with Crippen molar-refractivity contribution in [2.24, 2.45) is 0 Å². The van der Waals surface area contributed by atoms with Crippen LogP contribution in [0, 0.1) is 0 Å². The van der Waals surface area contributed by atoms with Crippen LogP contribution in [-0.4, -0.2) is 69.4 Å². The number of rotatable bonds is 60. The van der Waals surface area contributed by atoms with Crippen molar-refractivity contribution in [2.45, 2.75) is 309 Å². The van der Waals surface area contributed by atoms with Crippen LogP contribution in [0.2, 0.25) is 0 Å². The standard InChI is InChI=1S/C70H127N2O7P/c1-7-10-13-16-19-22-25-28-30-32-34-36-38-40-42-44-47-50-53-56-59-62-69(73)71-67(66-78-80(75,76)77-65-64-72(4,5)6)68(61-58-55-52-49-46-27-24-21-18-15-12-9-3)79-70(74)63-60-57-54-51-48-45-43-41-39-37-35-33-31-29-26-23-20-17-14-11-8-2/h19-20,22-23,28-31,34,36,40,42,58,61,67-68H,7-18,21,24-27,32-33,35,37-39,41,43-57,59-60,62-66H2,1-6H3,(H-,71,73,75,76)/b22-19-,23-20-,30-28-,31-29-,36-34-,42-40-,61-58+. The molecule has 80 heavy (non-hydrogen) atoms. The Morgan fingerprint density at radius 2 is 0.762 bits per heavy atom. The number of amides is 1. The number of esters is 1. The number of nitrogens with one attached hydrogen (secondary N) is 1. The van der Waals surface area contributed by atoms with E-state index in [0.29, 0.717) is 23.9 Å². The molecular formula is C70H127N2O7P. The molecule has 0 rings (SSSR count). The third-order valence-electron chi connectivity index (χ3n) is 14.5. The van der Waals surface area contributed by atoms with E-state index in [2.05, 4.69) is 99.0 Å². The van der Waals surface area contributed by atoms with Gasteiger partial charge in [0.2, 0.25) is 5.91 Å². The molecule has 0 aromatic heterocycles. The highest BCUT2D eigenvalue weighted by Gasteiger charge is 2.27. The molecular weight excluding hydrogens is 1010 g/mol. The summed E-state index contributed by atoms with van der Waals surface area (Å²) in [5, 5.41) is 3.03. The first-order valence-electron chi connectivity index (χ1n) is 33.4. The zero-order chi connectivity index (χ0) is 58.6. The monoisotopic (exact) mass is 1140 g/mol. The van der Waals surface area contributed by atoms with Crippen LogP contribution in [0.4, 0.5) is 0 Å². The molecule has 0 saturated carbocycles. The number of carbonyl (C=O) groups is 2. The maximum atomic E-state index is 13.6. The summed E-state index contributed by atoms with van der Waals surface area (Å²) in [4.78, 5) is 40.1. The predicted molar refractivity (Wildman–Crippen MR) is 344 cm³/mol. The van der Waals surface area contributed by atoms with Crippen LogP contribution in [0.5, 0.6) is 0 Å². The SMILES string of the molecule is CCCCC/C=C\C/C=C\C/C=C\C/C=C\CCCCCCCC(=O)NC(COP(=O)([O-])OCC[N+](C)(C)C)C(/C=C/CCCCCCCCCCCC)OC(=O)CCCCCCCCCCCCC/C=C\C/C=C\CCCCC. The van der Waals surface area contributed by atoms with Gasteiger partial charge in [0, 0.05) is 12.8 Å². The molecule has 3 atom stereocenters. The summed E-state index contributed by atoms with van der Waals surface area (Å²) in [5.41, 5.74) is 0. The highest BCUT2D eigenvalue weighted by Crippen LogP contribution is 2.38. The number of ether oxygens (including phenoxy) is 1. The van der Waals surface area contributed by atoms with Crippen LogP contribution in [0.25, 0.3) is 0 Å². The molecule has 0 aliphatic rings. The van der Waals surface area contributed by atoms with Crippen molar-refractivity contribution in [1.29, 1.82) is 0 Å². The van der Waals surface area contributed by atoms with Gasteiger partial charge in [-0.3, -0.25) is 14.2 Å². The Morgan fingerprint density at radius 1 is 0.438 bits per heavy atom. The Balaban J connectivity index is 5.21. The van der Waals surface area contributed by atoms with E-state index in [1.807, 2.05) is 33.3 Å². The maximum absolute atomic E-state index is 13.6. The second-order valence-electron chi connectivity index (χ2n) is 23.6. The van der Waals surface area contributed by atoms with Gasteiger partial charge in [-0.2, -0.15) is 0 Å². The van der Waals surface area contributed by atoms with Gasteiger partial charge in [0.05, 0.1) is 33.8 Å². The van der Waals surface area contributed by atoms with Crippen molar-refractivity contribution in [3.05, 3.63) is 85.1 Å². The van der Waals surface area contributed by atoms with Crippen molar-refractivity contribution in [3.8, 4) is 0 Å². The first kappa shape index (κ1) is 77.2. The van der Waals surface area contributed by atoms with E-state index in [9.17, 15) is 19.0 Å². The number of carbonyl (C=O) groups excluding carboxylic acids is 2. The van der Waals surface area contributed by atoms with Gasteiger partial charge in [-0.05, 0) is 109 Å². The Bertz CT molecular complexity index is 1640. The summed E-state index contributed by atoms with van der Waals surface area (Å²) < 4.78 is 30.4. The summed E-state index contributed by atoms with van der Waals surface area (Å²) in [6, 6.07) is -0.903. The van der Waals surface area contributed by atoms with Crippen LogP contribution >= 0.6 is 7.82 Å². The fourth-order valence-corrected chi connectivity index (χ4v) is 10.1. The average Bonchev–Trinajstić information content (AvgIpc) is 3.42. The first-order chi connectivity index (χ1) is 38.9. The number of likely N-dealkylation sites (N-methyl/N-ethyl adjacent to an activating group) is 1. The molecule has 0 aliphatic carbocycles. The number of allylic oxidation sites excluding steroid dienone is 13. The second-order valence-corrected chi connectivity index (χ2v) is 25.0. The lowest BCUT2D eigenvalue weighted by molar-refractivity contribution is -0.870. The van der Waals surface area contributed by atoms with Crippen LogP contribution < -0.4 is 10.2 Å².